The van der Waals surface area contributed by atoms with E-state index in [-0.39, 0.29) is 0 Å². The van der Waals surface area contributed by atoms with Gasteiger partial charge in [-0.3, -0.25) is 21.2 Å². The van der Waals surface area contributed by atoms with Crippen LogP contribution in [0.1, 0.15) is 120 Å². The molecule has 0 amide bonds. The molecule has 0 saturated carbocycles. The minimum atomic E-state index is -3.01. The summed E-state index contributed by atoms with van der Waals surface area (Å²) in [5.74, 6) is 0. The largest absolute Gasteiger partial charge is 0.295 e. The van der Waals surface area contributed by atoms with Crippen LogP contribution in [0.5, 0.6) is 0 Å². The third kappa shape index (κ3) is 18.2. The van der Waals surface area contributed by atoms with Crippen LogP contribution in [0.3, 0.4) is 0 Å². The first-order chi connectivity index (χ1) is 45.7. The maximum Gasteiger partial charge on any atom is 0.224 e. The number of halogens is 2. The maximum absolute atomic E-state index is 7.24. The highest BCUT2D eigenvalue weighted by molar-refractivity contribution is 9.10. The van der Waals surface area contributed by atoms with Crippen molar-refractivity contribution in [3.05, 3.63) is 269 Å². The lowest BCUT2D eigenvalue weighted by molar-refractivity contribution is 0.250. The van der Waals surface area contributed by atoms with Gasteiger partial charge in [-0.05, 0) is 186 Å². The van der Waals surface area contributed by atoms with Gasteiger partial charge in [-0.2, -0.15) is 0 Å². The van der Waals surface area contributed by atoms with E-state index in [1.54, 1.807) is 0 Å². The summed E-state index contributed by atoms with van der Waals surface area (Å²) < 4.78 is 1.12. The Balaban J connectivity index is 1.14. The molecule has 12 rings (SSSR count). The van der Waals surface area contributed by atoms with Crippen LogP contribution in [0.25, 0.3) is 0 Å². The van der Waals surface area contributed by atoms with Crippen molar-refractivity contribution in [2.24, 2.45) is 35.7 Å². The van der Waals surface area contributed by atoms with Crippen molar-refractivity contribution in [2.45, 2.75) is 123 Å². The molecule has 15 heteroatoms. The fraction of sp³-hybridized carbons (Fsp3) is 0.308. The summed E-state index contributed by atoms with van der Waals surface area (Å²) in [5, 5.41) is 23.2. The van der Waals surface area contributed by atoms with Crippen molar-refractivity contribution in [3.8, 4) is 0 Å². The molecule has 0 aliphatic carbocycles. The van der Waals surface area contributed by atoms with Gasteiger partial charge >= 0.3 is 0 Å². The molecular formula is C78H90BrClN10P3+3. The van der Waals surface area contributed by atoms with Gasteiger partial charge < -0.3 is 0 Å². The third-order valence-corrected chi connectivity index (χ3v) is 31.2. The van der Waals surface area contributed by atoms with Gasteiger partial charge in [-0.25, -0.2) is 0 Å². The Morgan fingerprint density at radius 2 is 0.710 bits per heavy atom. The van der Waals surface area contributed by atoms with E-state index in [2.05, 4.69) is 275 Å². The molecule has 8 bridgehead atoms. The second kappa shape index (κ2) is 34.0. The summed E-state index contributed by atoms with van der Waals surface area (Å²) in [5.41, 5.74) is 16.0. The molecule has 9 aromatic carbocycles. The predicted molar refractivity (Wildman–Crippen MR) is 404 cm³/mol. The summed E-state index contributed by atoms with van der Waals surface area (Å²) in [6.07, 6.45) is 21.9. The summed E-state index contributed by atoms with van der Waals surface area (Å²) in [6.45, 7) is 4.82. The van der Waals surface area contributed by atoms with E-state index in [1.165, 1.54) is 94.6 Å². The zero-order valence-electron chi connectivity index (χ0n) is 53.9. The number of anilines is 3. The van der Waals surface area contributed by atoms with Crippen molar-refractivity contribution in [1.82, 2.24) is 4.90 Å². The van der Waals surface area contributed by atoms with Gasteiger partial charge in [0.15, 0.2) is 0 Å². The molecule has 0 aromatic heterocycles. The Morgan fingerprint density at radius 1 is 0.366 bits per heavy atom. The molecule has 3 aliphatic rings. The smallest absolute Gasteiger partial charge is 0.224 e. The standard InChI is InChI=1S/C78H90BrClN10P3/c1-78-61-91(70-39-22-15-23-40-70,71-41-24-16-25-42-71)87-84-81-67-38-35-36-64(56-67)59-90(60-66-58-69(52-54-77(66)80)83-86-89-93(63-78,74-47-30-19-31-48-74)75-49-32-20-33-50-75)55-34-14-12-10-8-6-4-2-3-5-7-9-11-13-21-37-65-57-68(51-53-76(65)79)82-85-88-92(62-78,72-43-26-17-27-44-72)73-45-28-18-29-46-73/h15-20,22-33,35-36,38-54,56-58H,2-14,21,34,37,55,59-63H2,1H3,(H,81,87)(H,82,88)(H,83,89)/q+3. The first-order valence-electron chi connectivity index (χ1n) is 33.6. The quantitative estimate of drug-likeness (QED) is 0.144. The number of benzene rings is 9. The highest BCUT2D eigenvalue weighted by atomic mass is 79.9. The molecule has 2 unspecified atom stereocenters. The van der Waals surface area contributed by atoms with Crippen molar-refractivity contribution < 1.29 is 0 Å². The minimum Gasteiger partial charge on any atom is -0.295 e. The van der Waals surface area contributed by atoms with Crippen molar-refractivity contribution in [2.75, 3.05) is 41.3 Å². The van der Waals surface area contributed by atoms with Crippen LogP contribution in [-0.2, 0) is 19.5 Å². The van der Waals surface area contributed by atoms with Gasteiger partial charge in [0.05, 0.1) is 22.5 Å². The second-order valence-electron chi connectivity index (χ2n) is 25.6. The van der Waals surface area contributed by atoms with Crippen LogP contribution >= 0.6 is 49.8 Å². The summed E-state index contributed by atoms with van der Waals surface area (Å²) >= 11 is 11.2. The lowest BCUT2D eigenvalue weighted by Gasteiger charge is -2.37. The van der Waals surface area contributed by atoms with Gasteiger partial charge in [0.1, 0.15) is 50.3 Å². The summed E-state index contributed by atoms with van der Waals surface area (Å²) in [6, 6.07) is 87.0. The van der Waals surface area contributed by atoms with E-state index >= 15 is 0 Å². The van der Waals surface area contributed by atoms with Crippen molar-refractivity contribution in [1.29, 1.82) is 0 Å². The van der Waals surface area contributed by atoms with Crippen molar-refractivity contribution >= 4 is 98.7 Å². The number of nitrogens with zero attached hydrogens (tertiary/aromatic N) is 7. The lowest BCUT2D eigenvalue weighted by atomic mass is 9.99. The molecule has 0 spiro atoms. The molecule has 0 radical (unpaired) electrons. The second-order valence-corrected chi connectivity index (χ2v) is 36.0. The fourth-order valence-electron chi connectivity index (χ4n) is 13.7. The zero-order chi connectivity index (χ0) is 63.9. The monoisotopic (exact) mass is 1370 g/mol. The molecule has 3 aliphatic heterocycles. The Hall–Kier alpha value is -6.80. The topological polar surface area (TPSA) is 113 Å². The Kier molecular flexibility index (Phi) is 24.8. The number of fused-ring (bicyclic) bond motifs is 25. The maximum atomic E-state index is 7.24. The third-order valence-electron chi connectivity index (χ3n) is 18.3. The highest BCUT2D eigenvalue weighted by Gasteiger charge is 2.63. The van der Waals surface area contributed by atoms with E-state index in [0.29, 0.717) is 25.0 Å². The molecule has 10 nitrogen and oxygen atoms in total. The normalized spacial score (nSPS) is 20.5. The van der Waals surface area contributed by atoms with E-state index < -0.39 is 27.7 Å². The first kappa shape index (κ1) is 67.6. The number of aryl methyl sites for hydroxylation is 1. The minimum absolute atomic E-state index is 0.576. The number of hydrogen-bond donors (Lipinski definition) is 3. The van der Waals surface area contributed by atoms with E-state index in [1.807, 2.05) is 12.1 Å². The zero-order valence-corrected chi connectivity index (χ0v) is 58.9. The molecule has 9 aromatic rings. The first-order valence-corrected chi connectivity index (χ1v) is 40.6. The Labute approximate surface area is 568 Å². The average Bonchev–Trinajstić information content (AvgIpc) is 0.746. The average molecular weight is 1380 g/mol. The number of rotatable bonds is 6. The molecule has 3 N–H and O–H groups in total. The summed E-state index contributed by atoms with van der Waals surface area (Å²) in [4.78, 5) is 20.1. The van der Waals surface area contributed by atoms with E-state index in [4.69, 9.17) is 41.9 Å². The Morgan fingerprint density at radius 3 is 1.11 bits per heavy atom. The van der Waals surface area contributed by atoms with Crippen LogP contribution in [0.4, 0.5) is 17.1 Å². The van der Waals surface area contributed by atoms with Crippen LogP contribution in [0.2, 0.25) is 5.02 Å². The molecule has 0 fully saturated rings. The van der Waals surface area contributed by atoms with Crippen LogP contribution in [0, 0.1) is 5.41 Å². The van der Waals surface area contributed by atoms with Gasteiger partial charge in [0.25, 0.3) is 0 Å². The molecule has 0 saturated heterocycles. The number of nitrogens with one attached hydrogen (secondary N) is 3. The Bertz CT molecular complexity index is 3710. The lowest BCUT2D eigenvalue weighted by Crippen LogP contribution is -2.43. The van der Waals surface area contributed by atoms with Crippen LogP contribution in [0.15, 0.2) is 277 Å². The van der Waals surface area contributed by atoms with Crippen LogP contribution < -0.4 is 48.1 Å². The molecular weight excluding hydrogens is 1290 g/mol. The van der Waals surface area contributed by atoms with Crippen molar-refractivity contribution in [3.63, 3.8) is 0 Å². The van der Waals surface area contributed by atoms with Gasteiger partial charge in [-0.15, -0.1) is 0 Å². The molecule has 3 heterocycles. The van der Waals surface area contributed by atoms with Gasteiger partial charge in [0, 0.05) is 37.2 Å². The highest BCUT2D eigenvalue weighted by Crippen LogP contribution is 2.72. The number of hydrogen-bond acceptors (Lipinski definition) is 10. The predicted octanol–water partition coefficient (Wildman–Crippen LogP) is 21.3. The van der Waals surface area contributed by atoms with E-state index in [0.717, 1.165) is 96.3 Å². The molecule has 93 heavy (non-hydrogen) atoms. The van der Waals surface area contributed by atoms with Crippen LogP contribution in [-0.4, -0.2) is 29.9 Å². The van der Waals surface area contributed by atoms with Gasteiger partial charge in [-0.1, -0.05) is 232 Å². The van der Waals surface area contributed by atoms with Gasteiger partial charge in [0.2, 0.25) is 22.2 Å². The molecule has 478 valence electrons. The SMILES string of the molecule is CC12C[P+](c3ccccc3)(c3ccccc3)N=NNc3ccc(Br)c(c3)CCCCCCCCCCCCCCCCCN(Cc3cccc(c3)N/N=N\[P+](c3ccccc3)(c3ccccc3)C1)Cc1cc(ccc1Cl)N/N=N/[P+](c1ccccc1)(c1ccccc1)C2. The van der Waals surface area contributed by atoms with E-state index in [9.17, 15) is 0 Å². The molecule has 2 atom stereocenters. The summed E-state index contributed by atoms with van der Waals surface area (Å²) in [7, 11) is -9.01. The fourth-order valence-corrected chi connectivity index (χ4v) is 26.2.